The van der Waals surface area contributed by atoms with E-state index in [1.165, 1.54) is 0 Å². The molecule has 2 aromatic carbocycles. The molecule has 1 atom stereocenters. The Balaban J connectivity index is 1.52. The van der Waals surface area contributed by atoms with E-state index in [4.69, 9.17) is 5.26 Å². The molecule has 0 bridgehead atoms. The number of rotatable bonds is 7. The van der Waals surface area contributed by atoms with Crippen LogP contribution in [0.2, 0.25) is 0 Å². The molecule has 1 fully saturated rings. The van der Waals surface area contributed by atoms with E-state index in [-0.39, 0.29) is 24.3 Å². The van der Waals surface area contributed by atoms with Gasteiger partial charge in [-0.15, -0.1) is 0 Å². The molecule has 0 radical (unpaired) electrons. The summed E-state index contributed by atoms with van der Waals surface area (Å²) in [4.78, 5) is 25.6. The van der Waals surface area contributed by atoms with Gasteiger partial charge in [-0.2, -0.15) is 10.5 Å². The molecule has 152 valence electrons. The van der Waals surface area contributed by atoms with Crippen LogP contribution in [0.3, 0.4) is 0 Å². The number of carbonyl (C=O) groups is 2. The van der Waals surface area contributed by atoms with Crippen LogP contribution >= 0.6 is 0 Å². The number of hydrogen-bond donors (Lipinski definition) is 2. The van der Waals surface area contributed by atoms with Crippen molar-refractivity contribution >= 4 is 11.8 Å². The molecule has 30 heavy (non-hydrogen) atoms. The topological polar surface area (TPSA) is 109 Å². The number of carbonyl (C=O) groups excluding carboxylic acids is 2. The van der Waals surface area contributed by atoms with E-state index in [2.05, 4.69) is 22.8 Å². The van der Waals surface area contributed by atoms with Crippen molar-refractivity contribution in [1.82, 2.24) is 15.5 Å². The molecule has 1 unspecified atom stereocenters. The summed E-state index contributed by atoms with van der Waals surface area (Å²) in [5.74, 6) is -0.415. The quantitative estimate of drug-likeness (QED) is 0.730. The standard InChI is InChI=1S/C23H23N5O2/c1-26-22(29)15-28-13-20(14-28)23(30)27-21(12-25)10-16-2-6-18(7-3-16)19-8-4-17(11-24)5-9-19/h2-9,20-21H,10,13-15H2,1H3,(H,26,29)(H,27,30). The Morgan fingerprint density at radius 2 is 1.67 bits per heavy atom. The van der Waals surface area contributed by atoms with Crippen LogP contribution in [0, 0.1) is 28.6 Å². The minimum atomic E-state index is -0.605. The molecule has 7 nitrogen and oxygen atoms in total. The second-order valence-electron chi connectivity index (χ2n) is 7.34. The van der Waals surface area contributed by atoms with Gasteiger partial charge in [0.05, 0.1) is 30.2 Å². The first-order valence-electron chi connectivity index (χ1n) is 9.74. The predicted molar refractivity (Wildman–Crippen MR) is 112 cm³/mol. The number of hydrogen-bond acceptors (Lipinski definition) is 5. The monoisotopic (exact) mass is 401 g/mol. The van der Waals surface area contributed by atoms with E-state index in [0.29, 0.717) is 25.1 Å². The third-order valence-electron chi connectivity index (χ3n) is 5.19. The van der Waals surface area contributed by atoms with Crippen molar-refractivity contribution in [1.29, 1.82) is 10.5 Å². The van der Waals surface area contributed by atoms with Crippen molar-refractivity contribution in [2.24, 2.45) is 5.92 Å². The molecule has 2 amide bonds. The minimum Gasteiger partial charge on any atom is -0.358 e. The Hall–Kier alpha value is -3.68. The largest absolute Gasteiger partial charge is 0.358 e. The normalized spacial score (nSPS) is 14.6. The van der Waals surface area contributed by atoms with Gasteiger partial charge in [-0.05, 0) is 28.8 Å². The molecule has 2 N–H and O–H groups in total. The minimum absolute atomic E-state index is 0.0757. The van der Waals surface area contributed by atoms with Gasteiger partial charge in [0, 0.05) is 26.6 Å². The van der Waals surface area contributed by atoms with Gasteiger partial charge in [0.1, 0.15) is 6.04 Å². The number of nitrogens with one attached hydrogen (secondary N) is 2. The Labute approximate surface area is 175 Å². The number of nitrogens with zero attached hydrogens (tertiary/aromatic N) is 3. The summed E-state index contributed by atoms with van der Waals surface area (Å²) >= 11 is 0. The summed E-state index contributed by atoms with van der Waals surface area (Å²) in [5, 5.41) is 23.7. The average Bonchev–Trinajstić information content (AvgIpc) is 2.75. The first kappa shape index (κ1) is 21.0. The summed E-state index contributed by atoms with van der Waals surface area (Å²) in [6.45, 7) is 1.33. The molecular formula is C23H23N5O2. The Kier molecular flexibility index (Phi) is 6.79. The summed E-state index contributed by atoms with van der Waals surface area (Å²) < 4.78 is 0. The fourth-order valence-electron chi connectivity index (χ4n) is 3.37. The highest BCUT2D eigenvalue weighted by Crippen LogP contribution is 2.21. The Morgan fingerprint density at radius 3 is 2.20 bits per heavy atom. The van der Waals surface area contributed by atoms with Gasteiger partial charge in [0.25, 0.3) is 0 Å². The maximum atomic E-state index is 12.4. The molecule has 0 aromatic heterocycles. The third-order valence-corrected chi connectivity index (χ3v) is 5.19. The molecule has 1 aliphatic rings. The second kappa shape index (κ2) is 9.69. The molecule has 0 saturated carbocycles. The molecule has 7 heteroatoms. The molecule has 3 rings (SSSR count). The first-order valence-corrected chi connectivity index (χ1v) is 9.74. The van der Waals surface area contributed by atoms with Crippen molar-refractivity contribution in [2.45, 2.75) is 12.5 Å². The zero-order valence-corrected chi connectivity index (χ0v) is 16.8. The fraction of sp³-hybridized carbons (Fsp3) is 0.304. The molecule has 1 aliphatic heterocycles. The van der Waals surface area contributed by atoms with Crippen LogP contribution in [-0.2, 0) is 16.0 Å². The number of benzene rings is 2. The zero-order chi connectivity index (χ0) is 21.5. The second-order valence-corrected chi connectivity index (χ2v) is 7.34. The van der Waals surface area contributed by atoms with Crippen molar-refractivity contribution in [3.8, 4) is 23.3 Å². The maximum absolute atomic E-state index is 12.4. The van der Waals surface area contributed by atoms with Crippen molar-refractivity contribution < 1.29 is 9.59 Å². The third kappa shape index (κ3) is 5.22. The van der Waals surface area contributed by atoms with E-state index >= 15 is 0 Å². The van der Waals surface area contributed by atoms with Crippen LogP contribution in [0.1, 0.15) is 11.1 Å². The highest BCUT2D eigenvalue weighted by atomic mass is 16.2. The van der Waals surface area contributed by atoms with Gasteiger partial charge in [0.2, 0.25) is 11.8 Å². The fourth-order valence-corrected chi connectivity index (χ4v) is 3.37. The number of nitriles is 2. The van der Waals surface area contributed by atoms with E-state index in [0.717, 1.165) is 16.7 Å². The smallest absolute Gasteiger partial charge is 0.233 e. The zero-order valence-electron chi connectivity index (χ0n) is 16.8. The van der Waals surface area contributed by atoms with Crippen LogP contribution < -0.4 is 10.6 Å². The van der Waals surface area contributed by atoms with Gasteiger partial charge in [0.15, 0.2) is 0 Å². The van der Waals surface area contributed by atoms with Crippen LogP contribution in [0.15, 0.2) is 48.5 Å². The first-order chi connectivity index (χ1) is 14.5. The molecule has 2 aromatic rings. The van der Waals surface area contributed by atoms with Crippen LogP contribution in [0.5, 0.6) is 0 Å². The van der Waals surface area contributed by atoms with Gasteiger partial charge in [-0.25, -0.2) is 0 Å². The summed E-state index contributed by atoms with van der Waals surface area (Å²) in [5.41, 5.74) is 3.60. The van der Waals surface area contributed by atoms with E-state index in [1.54, 1.807) is 19.2 Å². The molecular weight excluding hydrogens is 378 g/mol. The van der Waals surface area contributed by atoms with Gasteiger partial charge >= 0.3 is 0 Å². The summed E-state index contributed by atoms with van der Waals surface area (Å²) in [6.07, 6.45) is 0.421. The highest BCUT2D eigenvalue weighted by Gasteiger charge is 2.34. The van der Waals surface area contributed by atoms with Crippen molar-refractivity contribution in [2.75, 3.05) is 26.7 Å². The van der Waals surface area contributed by atoms with E-state index < -0.39 is 6.04 Å². The maximum Gasteiger partial charge on any atom is 0.233 e. The van der Waals surface area contributed by atoms with Gasteiger partial charge < -0.3 is 10.6 Å². The van der Waals surface area contributed by atoms with Crippen LogP contribution in [0.4, 0.5) is 0 Å². The predicted octanol–water partition coefficient (Wildman–Crippen LogP) is 1.45. The van der Waals surface area contributed by atoms with E-state index in [9.17, 15) is 14.9 Å². The number of amides is 2. The van der Waals surface area contributed by atoms with Gasteiger partial charge in [-0.3, -0.25) is 14.5 Å². The highest BCUT2D eigenvalue weighted by molar-refractivity contribution is 5.82. The lowest BCUT2D eigenvalue weighted by Gasteiger charge is -2.37. The Morgan fingerprint density at radius 1 is 1.07 bits per heavy atom. The molecule has 0 spiro atoms. The molecule has 1 saturated heterocycles. The number of likely N-dealkylation sites (tertiary alicyclic amines) is 1. The summed E-state index contributed by atoms with van der Waals surface area (Å²) in [6, 6.07) is 18.8. The lowest BCUT2D eigenvalue weighted by atomic mass is 9.97. The van der Waals surface area contributed by atoms with Crippen LogP contribution in [0.25, 0.3) is 11.1 Å². The average molecular weight is 401 g/mol. The summed E-state index contributed by atoms with van der Waals surface area (Å²) in [7, 11) is 1.58. The van der Waals surface area contributed by atoms with Crippen LogP contribution in [-0.4, -0.2) is 49.4 Å². The molecule has 0 aliphatic carbocycles. The van der Waals surface area contributed by atoms with Crippen molar-refractivity contribution in [3.05, 3.63) is 59.7 Å². The van der Waals surface area contributed by atoms with Gasteiger partial charge in [-0.1, -0.05) is 36.4 Å². The van der Waals surface area contributed by atoms with Crippen molar-refractivity contribution in [3.63, 3.8) is 0 Å². The SMILES string of the molecule is CNC(=O)CN1CC(C(=O)NC(C#N)Cc2ccc(-c3ccc(C#N)cc3)cc2)C1. The Bertz CT molecular complexity index is 980. The lowest BCUT2D eigenvalue weighted by Crippen LogP contribution is -2.56. The number of likely N-dealkylation sites (N-methyl/N-ethyl adjacent to an activating group) is 1. The molecule has 1 heterocycles. The lowest BCUT2D eigenvalue weighted by molar-refractivity contribution is -0.133. The van der Waals surface area contributed by atoms with E-state index in [1.807, 2.05) is 41.3 Å².